The summed E-state index contributed by atoms with van der Waals surface area (Å²) in [6.45, 7) is 5.29. The maximum Gasteiger partial charge on any atom is 0.249 e. The first-order chi connectivity index (χ1) is 14.0. The molecule has 0 aliphatic heterocycles. The number of nitrogens with one attached hydrogen (secondary N) is 1. The van der Waals surface area contributed by atoms with Crippen molar-refractivity contribution in [3.63, 3.8) is 0 Å². The summed E-state index contributed by atoms with van der Waals surface area (Å²) in [5.41, 5.74) is 3.07. The van der Waals surface area contributed by atoms with E-state index in [0.29, 0.717) is 15.7 Å². The molecule has 0 fully saturated rings. The van der Waals surface area contributed by atoms with Crippen molar-refractivity contribution >= 4 is 49.7 Å². The Hall–Kier alpha value is -2.49. The number of benzene rings is 2. The Balaban J connectivity index is 1.83. The van der Waals surface area contributed by atoms with Crippen LogP contribution in [0.25, 0.3) is 10.6 Å². The van der Waals surface area contributed by atoms with Gasteiger partial charge in [0.25, 0.3) is 0 Å². The molecule has 7 nitrogen and oxygen atoms in total. The van der Waals surface area contributed by atoms with E-state index in [1.807, 2.05) is 32.0 Å². The Morgan fingerprint density at radius 1 is 1.10 bits per heavy atom. The third-order valence-corrected chi connectivity index (χ3v) is 6.68. The number of carbonyl (C=O) groups is 1. The van der Waals surface area contributed by atoms with E-state index >= 15 is 0 Å². The molecule has 0 saturated heterocycles. The number of hydrogen-bond donors (Lipinski definition) is 1. The lowest BCUT2D eigenvalue weighted by molar-refractivity contribution is -0.116. The SMILES string of the molecule is Cc1cc(C)cc(N([C@H](C)C(=O)Nc2nnc(-c3ccc(Cl)cc3)s2)S(C)(=O)=O)c1. The van der Waals surface area contributed by atoms with Crippen LogP contribution in [0.1, 0.15) is 18.1 Å². The molecule has 0 unspecified atom stereocenters. The lowest BCUT2D eigenvalue weighted by Crippen LogP contribution is -2.45. The predicted molar refractivity (Wildman–Crippen MR) is 122 cm³/mol. The van der Waals surface area contributed by atoms with Gasteiger partial charge >= 0.3 is 0 Å². The molecule has 2 aromatic carbocycles. The Bertz CT molecular complexity index is 1160. The van der Waals surface area contributed by atoms with Gasteiger partial charge in [0.05, 0.1) is 11.9 Å². The fourth-order valence-corrected chi connectivity index (χ4v) is 5.12. The summed E-state index contributed by atoms with van der Waals surface area (Å²) in [7, 11) is -3.70. The van der Waals surface area contributed by atoms with Crippen molar-refractivity contribution in [3.8, 4) is 10.6 Å². The Kier molecular flexibility index (Phi) is 6.44. The van der Waals surface area contributed by atoms with Crippen LogP contribution < -0.4 is 9.62 Å². The van der Waals surface area contributed by atoms with E-state index in [1.165, 1.54) is 18.3 Å². The highest BCUT2D eigenvalue weighted by Gasteiger charge is 2.30. The number of aryl methyl sites for hydroxylation is 2. The second-order valence-corrected chi connectivity index (χ2v) is 10.3. The molecule has 3 rings (SSSR count). The van der Waals surface area contributed by atoms with Gasteiger partial charge in [-0.1, -0.05) is 41.1 Å². The van der Waals surface area contributed by atoms with Gasteiger partial charge in [0.1, 0.15) is 11.0 Å². The molecule has 3 aromatic rings. The van der Waals surface area contributed by atoms with E-state index in [0.717, 1.165) is 27.3 Å². The predicted octanol–water partition coefficient (Wildman–Crippen LogP) is 4.27. The van der Waals surface area contributed by atoms with E-state index in [4.69, 9.17) is 11.6 Å². The topological polar surface area (TPSA) is 92.3 Å². The first kappa shape index (κ1) is 22.2. The van der Waals surface area contributed by atoms with Crippen LogP contribution in [0.4, 0.5) is 10.8 Å². The molecule has 0 radical (unpaired) electrons. The molecule has 10 heteroatoms. The third-order valence-electron chi connectivity index (χ3n) is 4.30. The van der Waals surface area contributed by atoms with E-state index < -0.39 is 22.0 Å². The quantitative estimate of drug-likeness (QED) is 0.588. The van der Waals surface area contributed by atoms with Crippen molar-refractivity contribution < 1.29 is 13.2 Å². The molecule has 1 N–H and O–H groups in total. The summed E-state index contributed by atoms with van der Waals surface area (Å²) in [4.78, 5) is 12.8. The lowest BCUT2D eigenvalue weighted by Gasteiger charge is -2.28. The van der Waals surface area contributed by atoms with Crippen molar-refractivity contribution in [3.05, 3.63) is 58.6 Å². The number of hydrogen-bond acceptors (Lipinski definition) is 6. The standard InChI is InChI=1S/C20H21ClN4O3S2/c1-12-9-13(2)11-17(10-12)25(30(4,27)28)14(3)18(26)22-20-24-23-19(29-20)15-5-7-16(21)8-6-15/h5-11,14H,1-4H3,(H,22,24,26)/t14-/m1/s1. The number of rotatable bonds is 6. The largest absolute Gasteiger partial charge is 0.299 e. The minimum Gasteiger partial charge on any atom is -0.299 e. The minimum absolute atomic E-state index is 0.283. The number of aromatic nitrogens is 2. The van der Waals surface area contributed by atoms with Crippen LogP contribution in [-0.4, -0.2) is 36.8 Å². The van der Waals surface area contributed by atoms with Gasteiger partial charge < -0.3 is 0 Å². The number of sulfonamides is 1. The van der Waals surface area contributed by atoms with Gasteiger partial charge in [0.15, 0.2) is 0 Å². The average Bonchev–Trinajstić information content (AvgIpc) is 3.08. The molecular formula is C20H21ClN4O3S2. The number of halogens is 1. The van der Waals surface area contributed by atoms with Crippen molar-refractivity contribution in [2.45, 2.75) is 26.8 Å². The van der Waals surface area contributed by atoms with E-state index in [2.05, 4.69) is 15.5 Å². The Morgan fingerprint density at radius 3 is 2.27 bits per heavy atom. The molecule has 0 aliphatic rings. The van der Waals surface area contributed by atoms with E-state index in [9.17, 15) is 13.2 Å². The molecule has 0 saturated carbocycles. The molecule has 1 atom stereocenters. The highest BCUT2D eigenvalue weighted by molar-refractivity contribution is 7.92. The maximum absolute atomic E-state index is 12.8. The van der Waals surface area contributed by atoms with E-state index in [1.54, 1.807) is 24.3 Å². The lowest BCUT2D eigenvalue weighted by atomic mass is 10.1. The molecule has 0 bridgehead atoms. The van der Waals surface area contributed by atoms with Crippen molar-refractivity contribution in [1.82, 2.24) is 10.2 Å². The van der Waals surface area contributed by atoms with Crippen LogP contribution >= 0.6 is 22.9 Å². The molecule has 158 valence electrons. The van der Waals surface area contributed by atoms with Crippen molar-refractivity contribution in [1.29, 1.82) is 0 Å². The fraction of sp³-hybridized carbons (Fsp3) is 0.250. The van der Waals surface area contributed by atoms with Gasteiger partial charge in [0.2, 0.25) is 21.1 Å². The Labute approximate surface area is 184 Å². The summed E-state index contributed by atoms with van der Waals surface area (Å²) in [6.07, 6.45) is 1.08. The highest BCUT2D eigenvalue weighted by Crippen LogP contribution is 2.28. The summed E-state index contributed by atoms with van der Waals surface area (Å²) in [5, 5.41) is 12.3. The number of nitrogens with zero attached hydrogens (tertiary/aromatic N) is 3. The molecule has 1 heterocycles. The van der Waals surface area contributed by atoms with Crippen LogP contribution in [0.15, 0.2) is 42.5 Å². The van der Waals surface area contributed by atoms with Gasteiger partial charge in [-0.2, -0.15) is 0 Å². The van der Waals surface area contributed by atoms with Crippen molar-refractivity contribution in [2.24, 2.45) is 0 Å². The normalized spacial score (nSPS) is 12.4. The molecule has 30 heavy (non-hydrogen) atoms. The van der Waals surface area contributed by atoms with Gasteiger partial charge in [-0.05, 0) is 56.2 Å². The maximum atomic E-state index is 12.8. The first-order valence-corrected chi connectivity index (χ1v) is 12.1. The zero-order valence-corrected chi connectivity index (χ0v) is 19.3. The van der Waals surface area contributed by atoms with Gasteiger partial charge in [-0.3, -0.25) is 14.4 Å². The smallest absolute Gasteiger partial charge is 0.249 e. The third kappa shape index (κ3) is 5.16. The zero-order chi connectivity index (χ0) is 22.1. The Morgan fingerprint density at radius 2 is 1.70 bits per heavy atom. The fourth-order valence-electron chi connectivity index (χ4n) is 3.08. The first-order valence-electron chi connectivity index (χ1n) is 9.02. The summed E-state index contributed by atoms with van der Waals surface area (Å²) in [5.74, 6) is -0.501. The second kappa shape index (κ2) is 8.71. The zero-order valence-electron chi connectivity index (χ0n) is 16.9. The van der Waals surface area contributed by atoms with Crippen LogP contribution in [0, 0.1) is 13.8 Å². The summed E-state index contributed by atoms with van der Waals surface area (Å²) in [6, 6.07) is 11.5. The number of amides is 1. The summed E-state index contributed by atoms with van der Waals surface area (Å²) < 4.78 is 26.1. The van der Waals surface area contributed by atoms with Gasteiger partial charge in [-0.25, -0.2) is 8.42 Å². The van der Waals surface area contributed by atoms with Gasteiger partial charge in [0, 0.05) is 10.6 Å². The van der Waals surface area contributed by atoms with Crippen LogP contribution in [0.3, 0.4) is 0 Å². The molecular weight excluding hydrogens is 444 g/mol. The molecule has 0 spiro atoms. The molecule has 0 aliphatic carbocycles. The monoisotopic (exact) mass is 464 g/mol. The van der Waals surface area contributed by atoms with E-state index in [-0.39, 0.29) is 5.13 Å². The molecule has 1 aromatic heterocycles. The average molecular weight is 465 g/mol. The van der Waals surface area contributed by atoms with Crippen LogP contribution in [0.5, 0.6) is 0 Å². The highest BCUT2D eigenvalue weighted by atomic mass is 35.5. The summed E-state index contributed by atoms with van der Waals surface area (Å²) >= 11 is 7.09. The van der Waals surface area contributed by atoms with Crippen LogP contribution in [0.2, 0.25) is 5.02 Å². The number of carbonyl (C=O) groups excluding carboxylic acids is 1. The van der Waals surface area contributed by atoms with Crippen LogP contribution in [-0.2, 0) is 14.8 Å². The number of anilines is 2. The van der Waals surface area contributed by atoms with Gasteiger partial charge in [-0.15, -0.1) is 10.2 Å². The molecule has 1 amide bonds. The van der Waals surface area contributed by atoms with Crippen molar-refractivity contribution in [2.75, 3.05) is 15.9 Å². The second-order valence-electron chi connectivity index (χ2n) is 6.99. The minimum atomic E-state index is -3.70.